The third-order valence-corrected chi connectivity index (χ3v) is 3.26. The largest absolute Gasteiger partial charge is 0.497 e. The van der Waals surface area contributed by atoms with Gasteiger partial charge >= 0.3 is 0 Å². The minimum atomic E-state index is -1.09. The van der Waals surface area contributed by atoms with Crippen molar-refractivity contribution in [1.29, 1.82) is 0 Å². The van der Waals surface area contributed by atoms with E-state index in [1.807, 2.05) is 0 Å². The van der Waals surface area contributed by atoms with Crippen molar-refractivity contribution in [2.75, 3.05) is 7.11 Å². The van der Waals surface area contributed by atoms with Crippen molar-refractivity contribution < 1.29 is 19.6 Å². The Morgan fingerprint density at radius 1 is 1.27 bits per heavy atom. The number of benzene rings is 2. The molecule has 0 heterocycles. The van der Waals surface area contributed by atoms with E-state index >= 15 is 0 Å². The lowest BCUT2D eigenvalue weighted by atomic mass is 10.00. The zero-order chi connectivity index (χ0) is 16.1. The van der Waals surface area contributed by atoms with E-state index in [1.54, 1.807) is 30.3 Å². The first kappa shape index (κ1) is 15.7. The number of carbonyl (C=O) groups is 1. The van der Waals surface area contributed by atoms with Gasteiger partial charge in [-0.2, -0.15) is 0 Å². The SMILES string of the molecule is COc1ccc(C(=O)C[C@@H](O)c2cccc([N+](=O)[O-])c2)cc1. The number of aliphatic hydroxyl groups is 1. The summed E-state index contributed by atoms with van der Waals surface area (Å²) in [6.45, 7) is 0. The molecule has 6 nitrogen and oxygen atoms in total. The highest BCUT2D eigenvalue weighted by Gasteiger charge is 2.17. The Morgan fingerprint density at radius 3 is 2.55 bits per heavy atom. The van der Waals surface area contributed by atoms with Gasteiger partial charge in [0.1, 0.15) is 5.75 Å². The van der Waals surface area contributed by atoms with E-state index in [1.165, 1.54) is 25.3 Å². The Hall–Kier alpha value is -2.73. The van der Waals surface area contributed by atoms with Crippen LogP contribution in [0.3, 0.4) is 0 Å². The Bertz CT molecular complexity index is 681. The Morgan fingerprint density at radius 2 is 1.95 bits per heavy atom. The van der Waals surface area contributed by atoms with Crippen molar-refractivity contribution >= 4 is 11.5 Å². The maximum Gasteiger partial charge on any atom is 0.269 e. The molecule has 1 N–H and O–H groups in total. The van der Waals surface area contributed by atoms with Crippen molar-refractivity contribution in [3.05, 3.63) is 69.8 Å². The molecule has 114 valence electrons. The highest BCUT2D eigenvalue weighted by molar-refractivity contribution is 5.96. The van der Waals surface area contributed by atoms with Crippen LogP contribution in [0.15, 0.2) is 48.5 Å². The number of non-ortho nitro benzene ring substituents is 1. The molecule has 1 atom stereocenters. The molecule has 6 heteroatoms. The van der Waals surface area contributed by atoms with E-state index in [4.69, 9.17) is 4.74 Å². The molecule has 0 saturated heterocycles. The predicted molar refractivity (Wildman–Crippen MR) is 80.0 cm³/mol. The molecule has 2 rings (SSSR count). The van der Waals surface area contributed by atoms with Gasteiger partial charge in [0, 0.05) is 24.1 Å². The second-order valence-corrected chi connectivity index (χ2v) is 4.72. The first-order valence-electron chi connectivity index (χ1n) is 6.61. The molecule has 0 unspecified atom stereocenters. The zero-order valence-electron chi connectivity index (χ0n) is 11.9. The zero-order valence-corrected chi connectivity index (χ0v) is 11.9. The molecule has 0 aliphatic carbocycles. The van der Waals surface area contributed by atoms with Crippen LogP contribution in [0.1, 0.15) is 28.4 Å². The number of hydrogen-bond donors (Lipinski definition) is 1. The van der Waals surface area contributed by atoms with E-state index in [0.717, 1.165) is 0 Å². The first-order chi connectivity index (χ1) is 10.5. The number of nitro groups is 1. The summed E-state index contributed by atoms with van der Waals surface area (Å²) < 4.78 is 5.01. The van der Waals surface area contributed by atoms with Crippen LogP contribution in [0.5, 0.6) is 5.75 Å². The molecule has 0 bridgehead atoms. The highest BCUT2D eigenvalue weighted by atomic mass is 16.6. The van der Waals surface area contributed by atoms with Crippen molar-refractivity contribution in [2.24, 2.45) is 0 Å². The highest BCUT2D eigenvalue weighted by Crippen LogP contribution is 2.23. The number of Topliss-reactive ketones (excluding diaryl/α,β-unsaturated/α-hetero) is 1. The number of nitrogens with zero attached hydrogens (tertiary/aromatic N) is 1. The van der Waals surface area contributed by atoms with Crippen LogP contribution in [0.2, 0.25) is 0 Å². The van der Waals surface area contributed by atoms with Crippen molar-refractivity contribution in [2.45, 2.75) is 12.5 Å². The average molecular weight is 301 g/mol. The second kappa shape index (κ2) is 6.82. The van der Waals surface area contributed by atoms with Crippen molar-refractivity contribution in [3.8, 4) is 5.75 Å². The smallest absolute Gasteiger partial charge is 0.269 e. The molecule has 2 aromatic carbocycles. The third-order valence-electron chi connectivity index (χ3n) is 3.26. The molecule has 0 fully saturated rings. The number of hydrogen-bond acceptors (Lipinski definition) is 5. The van der Waals surface area contributed by atoms with Crippen molar-refractivity contribution in [3.63, 3.8) is 0 Å². The summed E-state index contributed by atoms with van der Waals surface area (Å²) in [6.07, 6.45) is -1.23. The maximum atomic E-state index is 12.1. The van der Waals surface area contributed by atoms with Gasteiger partial charge in [-0.1, -0.05) is 12.1 Å². The van der Waals surface area contributed by atoms with Gasteiger partial charge in [0.05, 0.1) is 18.1 Å². The van der Waals surface area contributed by atoms with Crippen LogP contribution in [0, 0.1) is 10.1 Å². The lowest BCUT2D eigenvalue weighted by molar-refractivity contribution is -0.385. The molecule has 0 aliphatic rings. The van der Waals surface area contributed by atoms with E-state index < -0.39 is 11.0 Å². The van der Waals surface area contributed by atoms with E-state index in [-0.39, 0.29) is 17.9 Å². The van der Waals surface area contributed by atoms with Crippen molar-refractivity contribution in [1.82, 2.24) is 0 Å². The average Bonchev–Trinajstić information content (AvgIpc) is 2.54. The van der Waals surface area contributed by atoms with Gasteiger partial charge in [-0.05, 0) is 29.8 Å². The van der Waals surface area contributed by atoms with Gasteiger partial charge in [-0.15, -0.1) is 0 Å². The van der Waals surface area contributed by atoms with Crippen LogP contribution in [0.4, 0.5) is 5.69 Å². The maximum absolute atomic E-state index is 12.1. The number of ether oxygens (including phenoxy) is 1. The van der Waals surface area contributed by atoms with Gasteiger partial charge in [0.15, 0.2) is 5.78 Å². The van der Waals surface area contributed by atoms with E-state index in [2.05, 4.69) is 0 Å². The summed E-state index contributed by atoms with van der Waals surface area (Å²) in [4.78, 5) is 22.3. The number of methoxy groups -OCH3 is 1. The summed E-state index contributed by atoms with van der Waals surface area (Å²) in [5, 5.41) is 20.8. The van der Waals surface area contributed by atoms with Gasteiger partial charge in [0.2, 0.25) is 0 Å². The Kier molecular flexibility index (Phi) is 4.85. The number of rotatable bonds is 6. The Labute approximate surface area is 127 Å². The Balaban J connectivity index is 2.10. The number of carbonyl (C=O) groups excluding carboxylic acids is 1. The van der Waals surface area contributed by atoms with Crippen LogP contribution in [-0.4, -0.2) is 22.9 Å². The topological polar surface area (TPSA) is 89.7 Å². The predicted octanol–water partition coefficient (Wildman–Crippen LogP) is 2.91. The molecule has 22 heavy (non-hydrogen) atoms. The van der Waals surface area contributed by atoms with E-state index in [9.17, 15) is 20.0 Å². The van der Waals surface area contributed by atoms with Crippen LogP contribution in [-0.2, 0) is 0 Å². The summed E-state index contributed by atoms with van der Waals surface area (Å²) in [6, 6.07) is 12.2. The fourth-order valence-corrected chi connectivity index (χ4v) is 2.03. The fraction of sp³-hybridized carbons (Fsp3) is 0.188. The lowest BCUT2D eigenvalue weighted by Crippen LogP contribution is -2.07. The van der Waals surface area contributed by atoms with Gasteiger partial charge in [-0.25, -0.2) is 0 Å². The molecule has 0 saturated carbocycles. The number of ketones is 1. The molecule has 0 aromatic heterocycles. The molecule has 2 aromatic rings. The van der Waals surface area contributed by atoms with Crippen LogP contribution >= 0.6 is 0 Å². The molecule has 0 amide bonds. The normalized spacial score (nSPS) is 11.7. The summed E-state index contributed by atoms with van der Waals surface area (Å²) in [5.41, 5.74) is 0.676. The third kappa shape index (κ3) is 3.67. The van der Waals surface area contributed by atoms with Crippen LogP contribution in [0.25, 0.3) is 0 Å². The minimum Gasteiger partial charge on any atom is -0.497 e. The van der Waals surface area contributed by atoms with E-state index in [0.29, 0.717) is 16.9 Å². The lowest BCUT2D eigenvalue weighted by Gasteiger charge is -2.10. The molecular formula is C16H15NO5. The first-order valence-corrected chi connectivity index (χ1v) is 6.61. The quantitative estimate of drug-likeness (QED) is 0.503. The van der Waals surface area contributed by atoms with Gasteiger partial charge in [-0.3, -0.25) is 14.9 Å². The number of nitro benzene ring substituents is 1. The fourth-order valence-electron chi connectivity index (χ4n) is 2.03. The summed E-state index contributed by atoms with van der Waals surface area (Å²) in [7, 11) is 1.53. The minimum absolute atomic E-state index is 0.117. The molecule has 0 radical (unpaired) electrons. The van der Waals surface area contributed by atoms with Gasteiger partial charge in [0.25, 0.3) is 5.69 Å². The monoisotopic (exact) mass is 301 g/mol. The summed E-state index contributed by atoms with van der Waals surface area (Å²) >= 11 is 0. The molecular weight excluding hydrogens is 286 g/mol. The molecule has 0 spiro atoms. The standard InChI is InChI=1S/C16H15NO5/c1-22-14-7-5-11(6-8-14)15(18)10-16(19)12-3-2-4-13(9-12)17(20)21/h2-9,16,19H,10H2,1H3/t16-/m1/s1. The summed E-state index contributed by atoms with van der Waals surface area (Å²) in [5.74, 6) is 0.387. The number of aliphatic hydroxyl groups excluding tert-OH is 1. The van der Waals surface area contributed by atoms with Crippen LogP contribution < -0.4 is 4.74 Å². The molecule has 0 aliphatic heterocycles. The van der Waals surface area contributed by atoms with Gasteiger partial charge < -0.3 is 9.84 Å². The second-order valence-electron chi connectivity index (χ2n) is 4.72.